The van der Waals surface area contributed by atoms with Crippen LogP contribution in [0.15, 0.2) is 16.7 Å². The molecule has 1 aromatic heterocycles. The van der Waals surface area contributed by atoms with Crippen molar-refractivity contribution in [2.45, 2.75) is 25.3 Å². The molecule has 0 amide bonds. The molecule has 0 radical (unpaired) electrons. The number of rotatable bonds is 1. The monoisotopic (exact) mass is 228 g/mol. The average molecular weight is 229 g/mol. The molecule has 2 heterocycles. The summed E-state index contributed by atoms with van der Waals surface area (Å²) < 4.78 is 1.07. The standard InChI is InChI=1S/C9H13BrN2/c10-9-5-4-8(12-9)7-3-1-2-6-11-7/h4-5,7,11-12H,1-3,6H2/t7-/m1/s1. The molecule has 1 atom stereocenters. The Morgan fingerprint density at radius 2 is 2.25 bits per heavy atom. The molecule has 3 heteroatoms. The summed E-state index contributed by atoms with van der Waals surface area (Å²) in [7, 11) is 0. The summed E-state index contributed by atoms with van der Waals surface area (Å²) >= 11 is 3.42. The van der Waals surface area contributed by atoms with Crippen molar-refractivity contribution in [3.8, 4) is 0 Å². The Balaban J connectivity index is 2.08. The van der Waals surface area contributed by atoms with Gasteiger partial charge in [0.2, 0.25) is 0 Å². The minimum Gasteiger partial charge on any atom is -0.352 e. The Kier molecular flexibility index (Phi) is 2.51. The van der Waals surface area contributed by atoms with Crippen molar-refractivity contribution >= 4 is 15.9 Å². The van der Waals surface area contributed by atoms with Crippen molar-refractivity contribution in [2.75, 3.05) is 6.54 Å². The van der Waals surface area contributed by atoms with E-state index in [0.29, 0.717) is 6.04 Å². The normalized spacial score (nSPS) is 24.2. The van der Waals surface area contributed by atoms with Gasteiger partial charge in [-0.05, 0) is 47.4 Å². The minimum absolute atomic E-state index is 0.546. The highest BCUT2D eigenvalue weighted by molar-refractivity contribution is 9.10. The van der Waals surface area contributed by atoms with Gasteiger partial charge in [-0.1, -0.05) is 6.42 Å². The number of piperidine rings is 1. The first-order chi connectivity index (χ1) is 5.86. The lowest BCUT2D eigenvalue weighted by Gasteiger charge is -2.22. The fourth-order valence-corrected chi connectivity index (χ4v) is 2.07. The zero-order valence-corrected chi connectivity index (χ0v) is 8.52. The van der Waals surface area contributed by atoms with Gasteiger partial charge >= 0.3 is 0 Å². The van der Waals surface area contributed by atoms with Crippen molar-refractivity contribution in [1.29, 1.82) is 0 Å². The molecule has 2 nitrogen and oxygen atoms in total. The number of H-pyrrole nitrogens is 1. The number of nitrogens with one attached hydrogen (secondary N) is 2. The van der Waals surface area contributed by atoms with Crippen LogP contribution in [0, 0.1) is 0 Å². The first-order valence-electron chi connectivity index (χ1n) is 4.44. The van der Waals surface area contributed by atoms with Gasteiger partial charge in [-0.25, -0.2) is 0 Å². The van der Waals surface area contributed by atoms with Crippen LogP contribution in [0.5, 0.6) is 0 Å². The van der Waals surface area contributed by atoms with E-state index in [1.54, 1.807) is 0 Å². The Hall–Kier alpha value is -0.280. The summed E-state index contributed by atoms with van der Waals surface area (Å²) in [6, 6.07) is 4.75. The van der Waals surface area contributed by atoms with Crippen molar-refractivity contribution in [3.63, 3.8) is 0 Å². The van der Waals surface area contributed by atoms with E-state index in [9.17, 15) is 0 Å². The largest absolute Gasteiger partial charge is 0.352 e. The molecule has 12 heavy (non-hydrogen) atoms. The minimum atomic E-state index is 0.546. The van der Waals surface area contributed by atoms with E-state index in [-0.39, 0.29) is 0 Å². The summed E-state index contributed by atoms with van der Waals surface area (Å²) in [5.41, 5.74) is 1.31. The molecule has 1 aliphatic rings. The molecule has 0 spiro atoms. The number of aromatic nitrogens is 1. The third kappa shape index (κ3) is 1.72. The van der Waals surface area contributed by atoms with E-state index in [4.69, 9.17) is 0 Å². The van der Waals surface area contributed by atoms with Crippen LogP contribution >= 0.6 is 15.9 Å². The highest BCUT2D eigenvalue weighted by atomic mass is 79.9. The zero-order chi connectivity index (χ0) is 8.39. The number of hydrogen-bond donors (Lipinski definition) is 2. The average Bonchev–Trinajstić information content (AvgIpc) is 2.54. The van der Waals surface area contributed by atoms with Gasteiger partial charge in [0.1, 0.15) is 0 Å². The van der Waals surface area contributed by atoms with Crippen LogP contribution < -0.4 is 5.32 Å². The number of hydrogen-bond acceptors (Lipinski definition) is 1. The maximum Gasteiger partial charge on any atom is 0.0822 e. The van der Waals surface area contributed by atoms with Crippen LogP contribution in [0.2, 0.25) is 0 Å². The van der Waals surface area contributed by atoms with Crippen LogP contribution in [-0.4, -0.2) is 11.5 Å². The molecule has 0 bridgehead atoms. The Morgan fingerprint density at radius 3 is 2.83 bits per heavy atom. The van der Waals surface area contributed by atoms with Crippen LogP contribution in [0.25, 0.3) is 0 Å². The van der Waals surface area contributed by atoms with E-state index in [1.807, 2.05) is 0 Å². The van der Waals surface area contributed by atoms with Gasteiger partial charge in [-0.3, -0.25) is 0 Å². The molecule has 66 valence electrons. The quantitative estimate of drug-likeness (QED) is 0.761. The van der Waals surface area contributed by atoms with Crippen molar-refractivity contribution in [3.05, 3.63) is 22.4 Å². The first-order valence-corrected chi connectivity index (χ1v) is 5.23. The van der Waals surface area contributed by atoms with Gasteiger partial charge in [-0.2, -0.15) is 0 Å². The molecular formula is C9H13BrN2. The van der Waals surface area contributed by atoms with Gasteiger partial charge in [0.15, 0.2) is 0 Å². The highest BCUT2D eigenvalue weighted by Gasteiger charge is 2.15. The summed E-state index contributed by atoms with van der Waals surface area (Å²) in [4.78, 5) is 3.30. The summed E-state index contributed by atoms with van der Waals surface area (Å²) in [5, 5.41) is 3.50. The molecule has 2 N–H and O–H groups in total. The topological polar surface area (TPSA) is 27.8 Å². The maximum absolute atomic E-state index is 3.50. The van der Waals surface area contributed by atoms with Gasteiger partial charge < -0.3 is 10.3 Å². The third-order valence-electron chi connectivity index (χ3n) is 2.36. The van der Waals surface area contributed by atoms with E-state index >= 15 is 0 Å². The second-order valence-corrected chi connectivity index (χ2v) is 4.12. The molecule has 0 aromatic carbocycles. The van der Waals surface area contributed by atoms with E-state index in [0.717, 1.165) is 11.1 Å². The van der Waals surface area contributed by atoms with E-state index < -0.39 is 0 Å². The number of aromatic amines is 1. The molecule has 1 aromatic rings. The molecule has 1 aliphatic heterocycles. The fourth-order valence-electron chi connectivity index (χ4n) is 1.70. The third-order valence-corrected chi connectivity index (χ3v) is 2.82. The van der Waals surface area contributed by atoms with Gasteiger partial charge in [0.25, 0.3) is 0 Å². The first kappa shape index (κ1) is 8.32. The molecule has 0 unspecified atom stereocenters. The second-order valence-electron chi connectivity index (χ2n) is 3.26. The summed E-state index contributed by atoms with van der Waals surface area (Å²) in [6.45, 7) is 1.15. The van der Waals surface area contributed by atoms with E-state index in [2.05, 4.69) is 38.4 Å². The Bertz CT molecular complexity index is 251. The van der Waals surface area contributed by atoms with E-state index in [1.165, 1.54) is 25.0 Å². The van der Waals surface area contributed by atoms with Crippen molar-refractivity contribution < 1.29 is 0 Å². The summed E-state index contributed by atoms with van der Waals surface area (Å²) in [5.74, 6) is 0. The molecule has 2 rings (SSSR count). The van der Waals surface area contributed by atoms with Crippen molar-refractivity contribution in [1.82, 2.24) is 10.3 Å². The van der Waals surface area contributed by atoms with Gasteiger partial charge in [0, 0.05) is 11.7 Å². The lowest BCUT2D eigenvalue weighted by atomic mass is 10.0. The number of halogens is 1. The SMILES string of the molecule is Brc1ccc([C@H]2CCCCN2)[nH]1. The van der Waals surface area contributed by atoms with Crippen LogP contribution in [0.3, 0.4) is 0 Å². The van der Waals surface area contributed by atoms with Crippen LogP contribution in [0.1, 0.15) is 31.0 Å². The molecule has 1 saturated heterocycles. The Labute approximate surface area is 80.9 Å². The molecule has 1 fully saturated rings. The van der Waals surface area contributed by atoms with Crippen LogP contribution in [-0.2, 0) is 0 Å². The smallest absolute Gasteiger partial charge is 0.0822 e. The zero-order valence-electron chi connectivity index (χ0n) is 6.94. The lowest BCUT2D eigenvalue weighted by Crippen LogP contribution is -2.26. The maximum atomic E-state index is 3.50. The second kappa shape index (κ2) is 3.62. The molecule has 0 aliphatic carbocycles. The summed E-state index contributed by atoms with van der Waals surface area (Å²) in [6.07, 6.45) is 3.92. The van der Waals surface area contributed by atoms with Crippen LogP contribution in [0.4, 0.5) is 0 Å². The van der Waals surface area contributed by atoms with Gasteiger partial charge in [-0.15, -0.1) is 0 Å². The highest BCUT2D eigenvalue weighted by Crippen LogP contribution is 2.23. The van der Waals surface area contributed by atoms with Crippen molar-refractivity contribution in [2.24, 2.45) is 0 Å². The predicted octanol–water partition coefficient (Wildman–Crippen LogP) is 2.59. The lowest BCUT2D eigenvalue weighted by molar-refractivity contribution is 0.406. The molecular weight excluding hydrogens is 216 g/mol. The fraction of sp³-hybridized carbons (Fsp3) is 0.556. The predicted molar refractivity (Wildman–Crippen MR) is 53.1 cm³/mol. The molecule has 0 saturated carbocycles. The van der Waals surface area contributed by atoms with Gasteiger partial charge in [0.05, 0.1) is 4.60 Å². The Morgan fingerprint density at radius 1 is 1.33 bits per heavy atom.